The zero-order chi connectivity index (χ0) is 14.8. The van der Waals surface area contributed by atoms with E-state index in [0.29, 0.717) is 23.6 Å². The minimum atomic E-state index is -0.892. The number of carboxylic acid groups (broad SMARTS) is 1. The SMILES string of the molecule is Cc1ccc(Cl)cc1NC(=O)CC1(C(=O)O)CCCC1. The van der Waals surface area contributed by atoms with Gasteiger partial charge < -0.3 is 10.4 Å². The van der Waals surface area contributed by atoms with Crippen LogP contribution in [0.2, 0.25) is 5.02 Å². The van der Waals surface area contributed by atoms with E-state index in [1.54, 1.807) is 12.1 Å². The van der Waals surface area contributed by atoms with E-state index < -0.39 is 11.4 Å². The Bertz CT molecular complexity index is 536. The molecule has 4 nitrogen and oxygen atoms in total. The van der Waals surface area contributed by atoms with Gasteiger partial charge in [0.15, 0.2) is 0 Å². The highest BCUT2D eigenvalue weighted by Crippen LogP contribution is 2.41. The van der Waals surface area contributed by atoms with Gasteiger partial charge in [0.2, 0.25) is 5.91 Å². The predicted molar refractivity (Wildman–Crippen MR) is 78.0 cm³/mol. The molecule has 5 heteroatoms. The topological polar surface area (TPSA) is 66.4 Å². The molecule has 1 fully saturated rings. The van der Waals surface area contributed by atoms with E-state index in [9.17, 15) is 14.7 Å². The van der Waals surface area contributed by atoms with Gasteiger partial charge in [-0.15, -0.1) is 0 Å². The number of hydrogen-bond acceptors (Lipinski definition) is 2. The van der Waals surface area contributed by atoms with Crippen LogP contribution in [-0.2, 0) is 9.59 Å². The van der Waals surface area contributed by atoms with Crippen molar-refractivity contribution in [3.63, 3.8) is 0 Å². The van der Waals surface area contributed by atoms with Gasteiger partial charge in [-0.3, -0.25) is 9.59 Å². The van der Waals surface area contributed by atoms with E-state index in [2.05, 4.69) is 5.32 Å². The Morgan fingerprint density at radius 3 is 2.60 bits per heavy atom. The highest BCUT2D eigenvalue weighted by atomic mass is 35.5. The van der Waals surface area contributed by atoms with Crippen molar-refractivity contribution in [2.75, 3.05) is 5.32 Å². The average molecular weight is 296 g/mol. The van der Waals surface area contributed by atoms with Crippen molar-refractivity contribution in [2.24, 2.45) is 5.41 Å². The largest absolute Gasteiger partial charge is 0.481 e. The number of carboxylic acids is 1. The molecule has 20 heavy (non-hydrogen) atoms. The summed E-state index contributed by atoms with van der Waals surface area (Å²) in [7, 11) is 0. The molecule has 1 aromatic carbocycles. The van der Waals surface area contributed by atoms with Crippen LogP contribution in [-0.4, -0.2) is 17.0 Å². The maximum absolute atomic E-state index is 12.1. The zero-order valence-corrected chi connectivity index (χ0v) is 12.2. The molecule has 108 valence electrons. The Morgan fingerprint density at radius 2 is 2.00 bits per heavy atom. The minimum Gasteiger partial charge on any atom is -0.481 e. The van der Waals surface area contributed by atoms with Crippen LogP contribution in [0.3, 0.4) is 0 Å². The molecule has 0 aliphatic heterocycles. The van der Waals surface area contributed by atoms with E-state index >= 15 is 0 Å². The fourth-order valence-electron chi connectivity index (χ4n) is 2.75. The molecule has 0 unspecified atom stereocenters. The van der Waals surface area contributed by atoms with Gasteiger partial charge in [-0.25, -0.2) is 0 Å². The van der Waals surface area contributed by atoms with Crippen molar-refractivity contribution in [3.8, 4) is 0 Å². The first-order chi connectivity index (χ1) is 9.43. The van der Waals surface area contributed by atoms with E-state index in [4.69, 9.17) is 11.6 Å². The first kappa shape index (κ1) is 14.9. The minimum absolute atomic E-state index is 0.0221. The molecule has 2 N–H and O–H groups in total. The number of aliphatic carboxylic acids is 1. The molecular weight excluding hydrogens is 278 g/mol. The van der Waals surface area contributed by atoms with Crippen molar-refractivity contribution >= 4 is 29.2 Å². The number of nitrogens with one attached hydrogen (secondary N) is 1. The Kier molecular flexibility index (Phi) is 4.33. The quantitative estimate of drug-likeness (QED) is 0.891. The first-order valence-corrected chi connectivity index (χ1v) is 7.10. The molecule has 1 amide bonds. The van der Waals surface area contributed by atoms with Crippen LogP contribution < -0.4 is 5.32 Å². The second-order valence-electron chi connectivity index (χ2n) is 5.48. The Hall–Kier alpha value is -1.55. The summed E-state index contributed by atoms with van der Waals surface area (Å²) in [6.45, 7) is 1.87. The van der Waals surface area contributed by atoms with Crippen LogP contribution in [0.1, 0.15) is 37.7 Å². The molecule has 1 aliphatic carbocycles. The maximum Gasteiger partial charge on any atom is 0.310 e. The molecule has 1 aliphatic rings. The standard InChI is InChI=1S/C15H18ClNO3/c1-10-4-5-11(16)8-12(10)17-13(18)9-15(14(19)20)6-2-3-7-15/h4-5,8H,2-3,6-7,9H2,1H3,(H,17,18)(H,19,20). The Labute approximate surface area is 123 Å². The Morgan fingerprint density at radius 1 is 1.35 bits per heavy atom. The molecule has 1 saturated carbocycles. The van der Waals surface area contributed by atoms with E-state index in [-0.39, 0.29) is 12.3 Å². The van der Waals surface area contributed by atoms with Crippen LogP contribution in [0.25, 0.3) is 0 Å². The van der Waals surface area contributed by atoms with Crippen molar-refractivity contribution in [2.45, 2.75) is 39.0 Å². The molecule has 1 aromatic rings. The number of carbonyl (C=O) groups is 2. The number of hydrogen-bond donors (Lipinski definition) is 2. The highest BCUT2D eigenvalue weighted by molar-refractivity contribution is 6.31. The molecule has 0 atom stereocenters. The first-order valence-electron chi connectivity index (χ1n) is 6.72. The molecule has 0 radical (unpaired) electrons. The van der Waals surface area contributed by atoms with E-state index in [1.807, 2.05) is 13.0 Å². The van der Waals surface area contributed by atoms with Crippen molar-refractivity contribution in [1.82, 2.24) is 0 Å². The number of rotatable bonds is 4. The summed E-state index contributed by atoms with van der Waals surface area (Å²) in [5.74, 6) is -1.13. The molecule has 0 spiro atoms. The van der Waals surface area contributed by atoms with Crippen LogP contribution >= 0.6 is 11.6 Å². The van der Waals surface area contributed by atoms with Gasteiger partial charge in [0.1, 0.15) is 0 Å². The van der Waals surface area contributed by atoms with Crippen molar-refractivity contribution in [3.05, 3.63) is 28.8 Å². The summed E-state index contributed by atoms with van der Waals surface area (Å²) in [4.78, 5) is 23.6. The average Bonchev–Trinajstić information content (AvgIpc) is 2.83. The molecule has 2 rings (SSSR count). The monoisotopic (exact) mass is 295 g/mol. The van der Waals surface area contributed by atoms with Gasteiger partial charge in [-0.2, -0.15) is 0 Å². The summed E-state index contributed by atoms with van der Waals surface area (Å²) in [5, 5.41) is 12.7. The highest BCUT2D eigenvalue weighted by Gasteiger charge is 2.42. The smallest absolute Gasteiger partial charge is 0.310 e. The van der Waals surface area contributed by atoms with Gasteiger partial charge in [-0.05, 0) is 37.5 Å². The molecule has 0 saturated heterocycles. The summed E-state index contributed by atoms with van der Waals surface area (Å²) >= 11 is 5.90. The van der Waals surface area contributed by atoms with Gasteiger partial charge in [0.05, 0.1) is 5.41 Å². The fraction of sp³-hybridized carbons (Fsp3) is 0.467. The molecule has 0 heterocycles. The lowest BCUT2D eigenvalue weighted by Crippen LogP contribution is -2.32. The number of amides is 1. The summed E-state index contributed by atoms with van der Waals surface area (Å²) in [6, 6.07) is 5.25. The zero-order valence-electron chi connectivity index (χ0n) is 11.4. The summed E-state index contributed by atoms with van der Waals surface area (Å²) in [6.07, 6.45) is 2.91. The third kappa shape index (κ3) is 3.12. The van der Waals surface area contributed by atoms with Gasteiger partial charge in [0, 0.05) is 17.1 Å². The van der Waals surface area contributed by atoms with Crippen molar-refractivity contribution in [1.29, 1.82) is 0 Å². The molecule has 0 aromatic heterocycles. The number of carbonyl (C=O) groups excluding carboxylic acids is 1. The van der Waals surface area contributed by atoms with Crippen LogP contribution in [0, 0.1) is 12.3 Å². The number of halogens is 1. The molecular formula is C15H18ClNO3. The van der Waals surface area contributed by atoms with E-state index in [0.717, 1.165) is 18.4 Å². The summed E-state index contributed by atoms with van der Waals surface area (Å²) < 4.78 is 0. The van der Waals surface area contributed by atoms with Gasteiger partial charge >= 0.3 is 5.97 Å². The predicted octanol–water partition coefficient (Wildman–Crippen LogP) is 3.62. The number of benzene rings is 1. The van der Waals surface area contributed by atoms with Crippen molar-refractivity contribution < 1.29 is 14.7 Å². The normalized spacial score (nSPS) is 16.9. The third-order valence-electron chi connectivity index (χ3n) is 3.99. The van der Waals surface area contributed by atoms with Gasteiger partial charge in [0.25, 0.3) is 0 Å². The lowest BCUT2D eigenvalue weighted by atomic mass is 9.82. The lowest BCUT2D eigenvalue weighted by molar-refractivity contribution is -0.150. The molecule has 0 bridgehead atoms. The fourth-order valence-corrected chi connectivity index (χ4v) is 2.92. The lowest BCUT2D eigenvalue weighted by Gasteiger charge is -2.23. The Balaban J connectivity index is 2.08. The number of anilines is 1. The van der Waals surface area contributed by atoms with Crippen LogP contribution in [0.5, 0.6) is 0 Å². The van der Waals surface area contributed by atoms with Crippen LogP contribution in [0.4, 0.5) is 5.69 Å². The number of aryl methyl sites for hydroxylation is 1. The third-order valence-corrected chi connectivity index (χ3v) is 4.22. The second-order valence-corrected chi connectivity index (χ2v) is 5.91. The van der Waals surface area contributed by atoms with Crippen LogP contribution in [0.15, 0.2) is 18.2 Å². The van der Waals surface area contributed by atoms with E-state index in [1.165, 1.54) is 0 Å². The maximum atomic E-state index is 12.1. The second kappa shape index (κ2) is 5.83. The van der Waals surface area contributed by atoms with Gasteiger partial charge in [-0.1, -0.05) is 30.5 Å². The summed E-state index contributed by atoms with van der Waals surface area (Å²) in [5.41, 5.74) is 0.649.